The summed E-state index contributed by atoms with van der Waals surface area (Å²) in [5.74, 6) is -1.52. The lowest BCUT2D eigenvalue weighted by Crippen LogP contribution is -2.14. The van der Waals surface area contributed by atoms with Crippen LogP contribution in [0.3, 0.4) is 0 Å². The summed E-state index contributed by atoms with van der Waals surface area (Å²) >= 11 is 0. The van der Waals surface area contributed by atoms with Gasteiger partial charge in [0.1, 0.15) is 0 Å². The number of hydrogen-bond donors (Lipinski definition) is 2. The second-order valence-corrected chi connectivity index (χ2v) is 3.15. The molecule has 0 heterocycles. The molecule has 1 rings (SSSR count). The topological polar surface area (TPSA) is 80.4 Å². The summed E-state index contributed by atoms with van der Waals surface area (Å²) in [6.45, 7) is 3.52. The van der Waals surface area contributed by atoms with Crippen LogP contribution < -0.4 is 5.73 Å². The lowest BCUT2D eigenvalue weighted by Gasteiger charge is -2.02. The minimum absolute atomic E-state index is 0.212. The average Bonchev–Trinajstić information content (AvgIpc) is 2.18. The SMILES string of the molecule is C=C(Cc1ccc(C(=O)O)cc1)C(N)=O. The Bertz CT molecular complexity index is 406. The van der Waals surface area contributed by atoms with E-state index in [1.165, 1.54) is 12.1 Å². The molecule has 15 heavy (non-hydrogen) atoms. The quantitative estimate of drug-likeness (QED) is 0.718. The molecular weight excluding hydrogens is 194 g/mol. The second kappa shape index (κ2) is 4.41. The molecule has 0 spiro atoms. The highest BCUT2D eigenvalue weighted by atomic mass is 16.4. The number of aromatic carboxylic acids is 1. The summed E-state index contributed by atoms with van der Waals surface area (Å²) in [6.07, 6.45) is 0.342. The van der Waals surface area contributed by atoms with Gasteiger partial charge in [-0.2, -0.15) is 0 Å². The molecule has 78 valence electrons. The van der Waals surface area contributed by atoms with Crippen molar-refractivity contribution in [1.29, 1.82) is 0 Å². The lowest BCUT2D eigenvalue weighted by molar-refractivity contribution is -0.114. The van der Waals surface area contributed by atoms with E-state index in [1.54, 1.807) is 12.1 Å². The fourth-order valence-corrected chi connectivity index (χ4v) is 1.10. The minimum atomic E-state index is -0.977. The molecule has 4 heteroatoms. The fraction of sp³-hybridized carbons (Fsp3) is 0.0909. The normalized spacial score (nSPS) is 9.60. The van der Waals surface area contributed by atoms with Crippen LogP contribution in [-0.4, -0.2) is 17.0 Å². The Morgan fingerprint density at radius 1 is 1.27 bits per heavy atom. The molecule has 0 saturated heterocycles. The first-order chi connectivity index (χ1) is 7.00. The van der Waals surface area contributed by atoms with E-state index in [9.17, 15) is 9.59 Å². The van der Waals surface area contributed by atoms with Gasteiger partial charge in [0.15, 0.2) is 0 Å². The second-order valence-electron chi connectivity index (χ2n) is 3.15. The zero-order valence-corrected chi connectivity index (χ0v) is 8.06. The Morgan fingerprint density at radius 3 is 2.20 bits per heavy atom. The van der Waals surface area contributed by atoms with Crippen LogP contribution >= 0.6 is 0 Å². The highest BCUT2D eigenvalue weighted by Crippen LogP contribution is 2.08. The van der Waals surface area contributed by atoms with Crippen LogP contribution in [0.5, 0.6) is 0 Å². The Kier molecular flexibility index (Phi) is 3.23. The highest BCUT2D eigenvalue weighted by Gasteiger charge is 2.05. The molecule has 0 aliphatic rings. The Hall–Kier alpha value is -2.10. The van der Waals surface area contributed by atoms with Gasteiger partial charge in [0.05, 0.1) is 5.56 Å². The van der Waals surface area contributed by atoms with E-state index in [0.717, 1.165) is 5.56 Å². The first kappa shape index (κ1) is 11.0. The third kappa shape index (κ3) is 2.95. The van der Waals surface area contributed by atoms with Gasteiger partial charge in [-0.05, 0) is 17.7 Å². The lowest BCUT2D eigenvalue weighted by atomic mass is 10.0. The third-order valence-electron chi connectivity index (χ3n) is 1.97. The van der Waals surface area contributed by atoms with Crippen LogP contribution in [0.1, 0.15) is 15.9 Å². The van der Waals surface area contributed by atoms with Crippen molar-refractivity contribution in [1.82, 2.24) is 0 Å². The van der Waals surface area contributed by atoms with Crippen molar-refractivity contribution in [3.05, 3.63) is 47.5 Å². The molecule has 3 N–H and O–H groups in total. The number of carbonyl (C=O) groups excluding carboxylic acids is 1. The van der Waals surface area contributed by atoms with E-state index in [2.05, 4.69) is 6.58 Å². The fourth-order valence-electron chi connectivity index (χ4n) is 1.10. The maximum absolute atomic E-state index is 10.7. The van der Waals surface area contributed by atoms with E-state index in [4.69, 9.17) is 10.8 Å². The van der Waals surface area contributed by atoms with Crippen molar-refractivity contribution in [3.8, 4) is 0 Å². The molecular formula is C11H11NO3. The molecule has 0 bridgehead atoms. The molecule has 1 aromatic carbocycles. The van der Waals surface area contributed by atoms with Crippen molar-refractivity contribution in [2.24, 2.45) is 5.73 Å². The molecule has 0 aromatic heterocycles. The minimum Gasteiger partial charge on any atom is -0.478 e. The van der Waals surface area contributed by atoms with Crippen LogP contribution in [-0.2, 0) is 11.2 Å². The van der Waals surface area contributed by atoms with Gasteiger partial charge in [-0.3, -0.25) is 4.79 Å². The summed E-state index contributed by atoms with van der Waals surface area (Å²) in [6, 6.07) is 6.23. The molecule has 4 nitrogen and oxygen atoms in total. The van der Waals surface area contributed by atoms with Crippen molar-refractivity contribution < 1.29 is 14.7 Å². The Morgan fingerprint density at radius 2 is 1.80 bits per heavy atom. The van der Waals surface area contributed by atoms with Gasteiger partial charge in [-0.15, -0.1) is 0 Å². The first-order valence-electron chi connectivity index (χ1n) is 4.30. The highest BCUT2D eigenvalue weighted by molar-refractivity contribution is 5.91. The summed E-state index contributed by atoms with van der Waals surface area (Å²) in [5.41, 5.74) is 6.35. The van der Waals surface area contributed by atoms with Crippen molar-refractivity contribution in [2.75, 3.05) is 0 Å². The summed E-state index contributed by atoms with van der Waals surface area (Å²) in [5, 5.41) is 8.65. The maximum Gasteiger partial charge on any atom is 0.335 e. The zero-order chi connectivity index (χ0) is 11.4. The number of benzene rings is 1. The van der Waals surface area contributed by atoms with Gasteiger partial charge in [0.25, 0.3) is 0 Å². The smallest absolute Gasteiger partial charge is 0.335 e. The van der Waals surface area contributed by atoms with Crippen molar-refractivity contribution in [2.45, 2.75) is 6.42 Å². The maximum atomic E-state index is 10.7. The molecule has 0 fully saturated rings. The van der Waals surface area contributed by atoms with Crippen LogP contribution in [0.2, 0.25) is 0 Å². The van der Waals surface area contributed by atoms with E-state index in [-0.39, 0.29) is 5.56 Å². The first-order valence-corrected chi connectivity index (χ1v) is 4.30. The molecule has 0 radical (unpaired) electrons. The predicted octanol–water partition coefficient (Wildman–Crippen LogP) is 0.969. The van der Waals surface area contributed by atoms with Crippen LogP contribution in [0.15, 0.2) is 36.4 Å². The summed E-state index contributed by atoms with van der Waals surface area (Å²) < 4.78 is 0. The predicted molar refractivity (Wildman–Crippen MR) is 55.4 cm³/mol. The number of carboxylic acid groups (broad SMARTS) is 1. The number of amides is 1. The Balaban J connectivity index is 2.77. The number of carboxylic acids is 1. The molecule has 1 amide bonds. The third-order valence-corrected chi connectivity index (χ3v) is 1.97. The van der Waals surface area contributed by atoms with E-state index < -0.39 is 11.9 Å². The molecule has 0 saturated carbocycles. The van der Waals surface area contributed by atoms with Crippen molar-refractivity contribution >= 4 is 11.9 Å². The molecule has 1 aromatic rings. The summed E-state index contributed by atoms with van der Waals surface area (Å²) in [7, 11) is 0. The number of nitrogens with two attached hydrogens (primary N) is 1. The Labute approximate surface area is 87.0 Å². The van der Waals surface area contributed by atoms with E-state index >= 15 is 0 Å². The van der Waals surface area contributed by atoms with Gasteiger partial charge in [-0.1, -0.05) is 18.7 Å². The number of hydrogen-bond acceptors (Lipinski definition) is 2. The standard InChI is InChI=1S/C11H11NO3/c1-7(10(12)13)6-8-2-4-9(5-3-8)11(14)15/h2-5H,1,6H2,(H2,12,13)(H,14,15). The van der Waals surface area contributed by atoms with Crippen LogP contribution in [0.25, 0.3) is 0 Å². The number of rotatable bonds is 4. The zero-order valence-electron chi connectivity index (χ0n) is 8.06. The number of carbonyl (C=O) groups is 2. The van der Waals surface area contributed by atoms with Gasteiger partial charge < -0.3 is 10.8 Å². The van der Waals surface area contributed by atoms with E-state index in [0.29, 0.717) is 12.0 Å². The molecule has 0 atom stereocenters. The van der Waals surface area contributed by atoms with Gasteiger partial charge in [0, 0.05) is 12.0 Å². The van der Waals surface area contributed by atoms with Gasteiger partial charge in [0.2, 0.25) is 5.91 Å². The van der Waals surface area contributed by atoms with Gasteiger partial charge in [-0.25, -0.2) is 4.79 Å². The monoisotopic (exact) mass is 205 g/mol. The molecule has 0 aliphatic heterocycles. The molecule has 0 unspecified atom stereocenters. The van der Waals surface area contributed by atoms with Gasteiger partial charge >= 0.3 is 5.97 Å². The summed E-state index contributed by atoms with van der Waals surface area (Å²) in [4.78, 5) is 21.3. The number of primary amides is 1. The van der Waals surface area contributed by atoms with Crippen LogP contribution in [0, 0.1) is 0 Å². The van der Waals surface area contributed by atoms with Crippen molar-refractivity contribution in [3.63, 3.8) is 0 Å². The van der Waals surface area contributed by atoms with E-state index in [1.807, 2.05) is 0 Å². The largest absolute Gasteiger partial charge is 0.478 e. The van der Waals surface area contributed by atoms with Crippen LogP contribution in [0.4, 0.5) is 0 Å². The molecule has 0 aliphatic carbocycles. The average molecular weight is 205 g/mol.